The Morgan fingerprint density at radius 3 is 2.45 bits per heavy atom. The first-order valence-corrected chi connectivity index (χ1v) is 7.93. The number of carbonyl (C=O) groups is 1. The van der Waals surface area contributed by atoms with E-state index in [9.17, 15) is 4.79 Å². The molecule has 0 saturated carbocycles. The summed E-state index contributed by atoms with van der Waals surface area (Å²) in [6, 6.07) is 8.16. The second-order valence-corrected chi connectivity index (χ2v) is 5.72. The summed E-state index contributed by atoms with van der Waals surface area (Å²) in [5.74, 6) is 0.208. The van der Waals surface area contributed by atoms with E-state index in [0.717, 1.165) is 38.3 Å². The first kappa shape index (κ1) is 16.9. The number of piperazine rings is 1. The SMILES string of the molecule is Cc1ccc(CC(=O)N2CCN(CCOCCO)CC2)cc1. The lowest BCUT2D eigenvalue weighted by atomic mass is 10.1. The number of hydrogen-bond acceptors (Lipinski definition) is 4. The molecule has 0 unspecified atom stereocenters. The fourth-order valence-electron chi connectivity index (χ4n) is 2.57. The molecule has 2 rings (SSSR count). The van der Waals surface area contributed by atoms with Gasteiger partial charge in [0, 0.05) is 32.7 Å². The van der Waals surface area contributed by atoms with Crippen molar-refractivity contribution < 1.29 is 14.6 Å². The van der Waals surface area contributed by atoms with Crippen molar-refractivity contribution in [1.29, 1.82) is 0 Å². The van der Waals surface area contributed by atoms with Crippen LogP contribution in [0.15, 0.2) is 24.3 Å². The van der Waals surface area contributed by atoms with Crippen molar-refractivity contribution in [2.75, 3.05) is 52.5 Å². The van der Waals surface area contributed by atoms with Gasteiger partial charge in [-0.2, -0.15) is 0 Å². The molecule has 0 radical (unpaired) electrons. The fraction of sp³-hybridized carbons (Fsp3) is 0.588. The van der Waals surface area contributed by atoms with Gasteiger partial charge in [0.1, 0.15) is 0 Å². The van der Waals surface area contributed by atoms with Crippen LogP contribution < -0.4 is 0 Å². The van der Waals surface area contributed by atoms with Crippen LogP contribution in [0.4, 0.5) is 0 Å². The number of amides is 1. The van der Waals surface area contributed by atoms with E-state index in [-0.39, 0.29) is 12.5 Å². The smallest absolute Gasteiger partial charge is 0.227 e. The molecule has 0 aliphatic carbocycles. The van der Waals surface area contributed by atoms with E-state index in [4.69, 9.17) is 9.84 Å². The highest BCUT2D eigenvalue weighted by molar-refractivity contribution is 5.78. The summed E-state index contributed by atoms with van der Waals surface area (Å²) in [5, 5.41) is 8.65. The monoisotopic (exact) mass is 306 g/mol. The highest BCUT2D eigenvalue weighted by Gasteiger charge is 2.20. The third-order valence-electron chi connectivity index (χ3n) is 3.99. The third kappa shape index (κ3) is 5.40. The molecule has 0 spiro atoms. The molecule has 5 heteroatoms. The van der Waals surface area contributed by atoms with E-state index in [2.05, 4.69) is 11.8 Å². The van der Waals surface area contributed by atoms with Gasteiger partial charge in [0.2, 0.25) is 5.91 Å². The van der Waals surface area contributed by atoms with Gasteiger partial charge < -0.3 is 14.7 Å². The van der Waals surface area contributed by atoms with Crippen molar-refractivity contribution in [3.63, 3.8) is 0 Å². The van der Waals surface area contributed by atoms with E-state index >= 15 is 0 Å². The number of hydrogen-bond donors (Lipinski definition) is 1. The number of benzene rings is 1. The van der Waals surface area contributed by atoms with E-state index in [1.165, 1.54) is 5.56 Å². The van der Waals surface area contributed by atoms with Gasteiger partial charge in [0.15, 0.2) is 0 Å². The molecule has 22 heavy (non-hydrogen) atoms. The van der Waals surface area contributed by atoms with Gasteiger partial charge >= 0.3 is 0 Å². The predicted molar refractivity (Wildman–Crippen MR) is 85.8 cm³/mol. The number of aryl methyl sites for hydroxylation is 1. The molecular formula is C17H26N2O3. The van der Waals surface area contributed by atoms with Crippen molar-refractivity contribution in [3.05, 3.63) is 35.4 Å². The maximum atomic E-state index is 12.3. The van der Waals surface area contributed by atoms with Crippen molar-refractivity contribution in [2.24, 2.45) is 0 Å². The highest BCUT2D eigenvalue weighted by atomic mass is 16.5. The molecule has 1 aromatic rings. The van der Waals surface area contributed by atoms with E-state index in [1.54, 1.807) is 0 Å². The third-order valence-corrected chi connectivity index (χ3v) is 3.99. The van der Waals surface area contributed by atoms with Crippen molar-refractivity contribution in [2.45, 2.75) is 13.3 Å². The van der Waals surface area contributed by atoms with Crippen LogP contribution >= 0.6 is 0 Å². The predicted octanol–water partition coefficient (Wildman–Crippen LogP) is 0.691. The van der Waals surface area contributed by atoms with Crippen LogP contribution in [0.3, 0.4) is 0 Å². The van der Waals surface area contributed by atoms with E-state index < -0.39 is 0 Å². The number of nitrogens with zero attached hydrogens (tertiary/aromatic N) is 2. The number of ether oxygens (including phenoxy) is 1. The zero-order valence-electron chi connectivity index (χ0n) is 13.3. The summed E-state index contributed by atoms with van der Waals surface area (Å²) in [4.78, 5) is 16.6. The zero-order valence-corrected chi connectivity index (χ0v) is 13.3. The van der Waals surface area contributed by atoms with Gasteiger partial charge in [-0.05, 0) is 12.5 Å². The Kier molecular flexibility index (Phi) is 6.83. The van der Waals surface area contributed by atoms with Crippen LogP contribution in [0.2, 0.25) is 0 Å². The molecule has 5 nitrogen and oxygen atoms in total. The number of aliphatic hydroxyl groups is 1. The molecule has 1 aliphatic rings. The van der Waals surface area contributed by atoms with E-state index in [1.807, 2.05) is 29.2 Å². The molecule has 1 aliphatic heterocycles. The molecule has 1 aromatic carbocycles. The lowest BCUT2D eigenvalue weighted by Crippen LogP contribution is -2.49. The molecule has 1 amide bonds. The van der Waals surface area contributed by atoms with Crippen molar-refractivity contribution in [3.8, 4) is 0 Å². The minimum Gasteiger partial charge on any atom is -0.394 e. The second kappa shape index (κ2) is 8.88. The molecule has 0 bridgehead atoms. The van der Waals surface area contributed by atoms with Crippen LogP contribution in [0.5, 0.6) is 0 Å². The van der Waals surface area contributed by atoms with Crippen LogP contribution in [-0.2, 0) is 16.0 Å². The van der Waals surface area contributed by atoms with Gasteiger partial charge in [0.05, 0.1) is 26.2 Å². The molecule has 1 saturated heterocycles. The normalized spacial score (nSPS) is 16.0. The zero-order chi connectivity index (χ0) is 15.8. The highest BCUT2D eigenvalue weighted by Crippen LogP contribution is 2.08. The molecule has 1 fully saturated rings. The topological polar surface area (TPSA) is 53.0 Å². The Hall–Kier alpha value is -1.43. The van der Waals surface area contributed by atoms with Crippen LogP contribution in [0, 0.1) is 6.92 Å². The van der Waals surface area contributed by atoms with Crippen LogP contribution in [0.25, 0.3) is 0 Å². The number of carbonyl (C=O) groups excluding carboxylic acids is 1. The fourth-order valence-corrected chi connectivity index (χ4v) is 2.57. The minimum absolute atomic E-state index is 0.0707. The molecule has 0 atom stereocenters. The Labute approximate surface area is 132 Å². The maximum absolute atomic E-state index is 12.3. The van der Waals surface area contributed by atoms with Crippen molar-refractivity contribution in [1.82, 2.24) is 9.80 Å². The maximum Gasteiger partial charge on any atom is 0.227 e. The molecular weight excluding hydrogens is 280 g/mol. The second-order valence-electron chi connectivity index (χ2n) is 5.72. The average molecular weight is 306 g/mol. The number of aliphatic hydroxyl groups excluding tert-OH is 1. The molecule has 0 aromatic heterocycles. The summed E-state index contributed by atoms with van der Waals surface area (Å²) >= 11 is 0. The van der Waals surface area contributed by atoms with E-state index in [0.29, 0.717) is 19.6 Å². The standard InChI is InChI=1S/C17H26N2O3/c1-15-2-4-16(5-3-15)14-17(21)19-8-6-18(7-9-19)10-12-22-13-11-20/h2-5,20H,6-14H2,1H3. The van der Waals surface area contributed by atoms with Crippen molar-refractivity contribution >= 4 is 5.91 Å². The largest absolute Gasteiger partial charge is 0.394 e. The summed E-state index contributed by atoms with van der Waals surface area (Å²) in [6.45, 7) is 7.36. The summed E-state index contributed by atoms with van der Waals surface area (Å²) < 4.78 is 5.28. The average Bonchev–Trinajstić information content (AvgIpc) is 2.54. The summed E-state index contributed by atoms with van der Waals surface area (Å²) in [5.41, 5.74) is 2.30. The van der Waals surface area contributed by atoms with Gasteiger partial charge in [0.25, 0.3) is 0 Å². The van der Waals surface area contributed by atoms with Gasteiger partial charge in [-0.3, -0.25) is 9.69 Å². The quantitative estimate of drug-likeness (QED) is 0.753. The first-order valence-electron chi connectivity index (χ1n) is 7.93. The summed E-state index contributed by atoms with van der Waals surface area (Å²) in [7, 11) is 0. The molecule has 1 heterocycles. The summed E-state index contributed by atoms with van der Waals surface area (Å²) in [6.07, 6.45) is 0.486. The Balaban J connectivity index is 1.69. The molecule has 122 valence electrons. The van der Waals surface area contributed by atoms with Crippen LogP contribution in [0.1, 0.15) is 11.1 Å². The van der Waals surface area contributed by atoms with Gasteiger partial charge in [-0.25, -0.2) is 0 Å². The van der Waals surface area contributed by atoms with Gasteiger partial charge in [-0.15, -0.1) is 0 Å². The van der Waals surface area contributed by atoms with Gasteiger partial charge in [-0.1, -0.05) is 29.8 Å². The first-order chi connectivity index (χ1) is 10.7. The Bertz CT molecular complexity index is 453. The lowest BCUT2D eigenvalue weighted by molar-refractivity contribution is -0.132. The lowest BCUT2D eigenvalue weighted by Gasteiger charge is -2.34. The number of rotatable bonds is 7. The Morgan fingerprint density at radius 2 is 1.82 bits per heavy atom. The minimum atomic E-state index is 0.0707. The van der Waals surface area contributed by atoms with Crippen LogP contribution in [-0.4, -0.2) is 73.4 Å². The Morgan fingerprint density at radius 1 is 1.14 bits per heavy atom. The molecule has 1 N–H and O–H groups in total.